The molecule has 0 saturated heterocycles. The van der Waals surface area contributed by atoms with Gasteiger partial charge >= 0.3 is 0 Å². The molecule has 0 aliphatic heterocycles. The molecule has 0 bridgehead atoms. The third-order valence-corrected chi connectivity index (χ3v) is 3.73. The van der Waals surface area contributed by atoms with Crippen molar-refractivity contribution in [2.24, 2.45) is 0 Å². The van der Waals surface area contributed by atoms with Gasteiger partial charge in [-0.3, -0.25) is 4.90 Å². The molecule has 3 nitrogen and oxygen atoms in total. The van der Waals surface area contributed by atoms with Crippen molar-refractivity contribution >= 4 is 0 Å². The van der Waals surface area contributed by atoms with Crippen molar-refractivity contribution in [2.45, 2.75) is 37.8 Å². The Morgan fingerprint density at radius 2 is 1.94 bits per heavy atom. The van der Waals surface area contributed by atoms with Gasteiger partial charge in [0.1, 0.15) is 5.75 Å². The maximum absolute atomic E-state index is 10.4. The van der Waals surface area contributed by atoms with Gasteiger partial charge in [-0.25, -0.2) is 0 Å². The van der Waals surface area contributed by atoms with E-state index in [-0.39, 0.29) is 0 Å². The van der Waals surface area contributed by atoms with Crippen LogP contribution in [0.2, 0.25) is 0 Å². The van der Waals surface area contributed by atoms with Crippen molar-refractivity contribution in [3.05, 3.63) is 29.8 Å². The van der Waals surface area contributed by atoms with Crippen molar-refractivity contribution < 1.29 is 9.84 Å². The molecular weight excluding hydrogens is 226 g/mol. The molecule has 1 N–H and O–H groups in total. The molecule has 1 saturated carbocycles. The lowest BCUT2D eigenvalue weighted by Crippen LogP contribution is -2.38. The first kappa shape index (κ1) is 13.4. The van der Waals surface area contributed by atoms with E-state index in [9.17, 15) is 5.11 Å². The molecule has 1 aromatic carbocycles. The zero-order chi connectivity index (χ0) is 13.0. The Bertz CT molecular complexity index is 386. The molecule has 100 valence electrons. The van der Waals surface area contributed by atoms with Crippen LogP contribution in [0.3, 0.4) is 0 Å². The second kappa shape index (κ2) is 5.72. The molecule has 1 aliphatic rings. The predicted molar refractivity (Wildman–Crippen MR) is 72.7 cm³/mol. The Kier molecular flexibility index (Phi) is 4.25. The van der Waals surface area contributed by atoms with Gasteiger partial charge in [0.2, 0.25) is 0 Å². The van der Waals surface area contributed by atoms with Crippen LogP contribution in [-0.2, 0) is 6.54 Å². The molecule has 3 heteroatoms. The van der Waals surface area contributed by atoms with Gasteiger partial charge in [0.05, 0.1) is 12.7 Å². The first-order valence-corrected chi connectivity index (χ1v) is 6.66. The van der Waals surface area contributed by atoms with Crippen molar-refractivity contribution in [1.29, 1.82) is 0 Å². The smallest absolute Gasteiger partial charge is 0.123 e. The monoisotopic (exact) mass is 249 g/mol. The van der Waals surface area contributed by atoms with Crippen molar-refractivity contribution in [3.63, 3.8) is 0 Å². The minimum absolute atomic E-state index is 0.475. The van der Waals surface area contributed by atoms with E-state index in [1.807, 2.05) is 18.2 Å². The number of methoxy groups -OCH3 is 1. The zero-order valence-electron chi connectivity index (χ0n) is 11.4. The van der Waals surface area contributed by atoms with Crippen LogP contribution in [0, 0.1) is 0 Å². The Balaban J connectivity index is 1.96. The van der Waals surface area contributed by atoms with Gasteiger partial charge in [-0.2, -0.15) is 0 Å². The SMILES string of the molecule is COc1ccccc1CN(C)CC1(O)CCCC1. The standard InChI is InChI=1S/C15H23NO2/c1-16(12-15(17)9-5-6-10-15)11-13-7-3-4-8-14(13)18-2/h3-4,7-8,17H,5-6,9-12H2,1-2H3. The average Bonchev–Trinajstić information content (AvgIpc) is 2.76. The van der Waals surface area contributed by atoms with Crippen LogP contribution < -0.4 is 4.74 Å². The Labute approximate surface area is 109 Å². The second-order valence-corrected chi connectivity index (χ2v) is 5.42. The lowest BCUT2D eigenvalue weighted by molar-refractivity contribution is 0.0144. The number of rotatable bonds is 5. The van der Waals surface area contributed by atoms with Gasteiger partial charge in [-0.15, -0.1) is 0 Å². The number of likely N-dealkylation sites (N-methyl/N-ethyl adjacent to an activating group) is 1. The summed E-state index contributed by atoms with van der Waals surface area (Å²) in [4.78, 5) is 2.18. The molecule has 1 aromatic rings. The van der Waals surface area contributed by atoms with Crippen LogP contribution in [0.5, 0.6) is 5.75 Å². The molecule has 0 unspecified atom stereocenters. The van der Waals surface area contributed by atoms with Crippen LogP contribution in [0.4, 0.5) is 0 Å². The predicted octanol–water partition coefficient (Wildman–Crippen LogP) is 2.43. The summed E-state index contributed by atoms with van der Waals surface area (Å²) in [7, 11) is 3.76. The van der Waals surface area contributed by atoms with Gasteiger partial charge in [-0.1, -0.05) is 31.0 Å². The normalized spacial score (nSPS) is 18.2. The van der Waals surface area contributed by atoms with Gasteiger partial charge in [0, 0.05) is 18.7 Å². The number of hydrogen-bond donors (Lipinski definition) is 1. The maximum Gasteiger partial charge on any atom is 0.123 e. The summed E-state index contributed by atoms with van der Waals surface area (Å²) in [5.74, 6) is 0.919. The second-order valence-electron chi connectivity index (χ2n) is 5.42. The molecule has 0 radical (unpaired) electrons. The molecule has 0 atom stereocenters. The number of hydrogen-bond acceptors (Lipinski definition) is 3. The van der Waals surface area contributed by atoms with Crippen molar-refractivity contribution in [2.75, 3.05) is 20.7 Å². The van der Waals surface area contributed by atoms with Crippen molar-refractivity contribution in [3.8, 4) is 5.75 Å². The van der Waals surface area contributed by atoms with E-state index < -0.39 is 5.60 Å². The molecule has 18 heavy (non-hydrogen) atoms. The van der Waals surface area contributed by atoms with Crippen LogP contribution in [0.1, 0.15) is 31.2 Å². The first-order valence-electron chi connectivity index (χ1n) is 6.66. The van der Waals surface area contributed by atoms with E-state index in [0.717, 1.165) is 44.5 Å². The minimum atomic E-state index is -0.475. The highest BCUT2D eigenvalue weighted by Gasteiger charge is 2.32. The quantitative estimate of drug-likeness (QED) is 0.870. The number of para-hydroxylation sites is 1. The summed E-state index contributed by atoms with van der Waals surface area (Å²) in [5, 5.41) is 10.4. The fourth-order valence-electron chi connectivity index (χ4n) is 2.87. The largest absolute Gasteiger partial charge is 0.496 e. The summed E-state index contributed by atoms with van der Waals surface area (Å²) in [6, 6.07) is 8.06. The Hall–Kier alpha value is -1.06. The number of aliphatic hydroxyl groups is 1. The van der Waals surface area contributed by atoms with Crippen LogP contribution in [-0.4, -0.2) is 36.3 Å². The molecule has 0 spiro atoms. The highest BCUT2D eigenvalue weighted by molar-refractivity contribution is 5.33. The maximum atomic E-state index is 10.4. The van der Waals surface area contributed by atoms with Crippen LogP contribution in [0.25, 0.3) is 0 Å². The number of nitrogens with zero attached hydrogens (tertiary/aromatic N) is 1. The summed E-state index contributed by atoms with van der Waals surface area (Å²) in [6.45, 7) is 1.55. The van der Waals surface area contributed by atoms with Crippen LogP contribution in [0.15, 0.2) is 24.3 Å². The molecule has 1 aliphatic carbocycles. The Morgan fingerprint density at radius 3 is 2.61 bits per heavy atom. The molecule has 0 amide bonds. The first-order chi connectivity index (χ1) is 8.63. The molecule has 1 fully saturated rings. The highest BCUT2D eigenvalue weighted by atomic mass is 16.5. The minimum Gasteiger partial charge on any atom is -0.496 e. The molecule has 0 aromatic heterocycles. The fourth-order valence-corrected chi connectivity index (χ4v) is 2.87. The summed E-state index contributed by atoms with van der Waals surface area (Å²) < 4.78 is 5.35. The third kappa shape index (κ3) is 3.24. The van der Waals surface area contributed by atoms with E-state index >= 15 is 0 Å². The van der Waals surface area contributed by atoms with E-state index in [1.54, 1.807) is 7.11 Å². The third-order valence-electron chi connectivity index (χ3n) is 3.73. The highest BCUT2D eigenvalue weighted by Crippen LogP contribution is 2.30. The van der Waals surface area contributed by atoms with Gasteiger partial charge in [0.25, 0.3) is 0 Å². The van der Waals surface area contributed by atoms with E-state index in [0.29, 0.717) is 0 Å². The van der Waals surface area contributed by atoms with E-state index in [2.05, 4.69) is 18.0 Å². The number of benzene rings is 1. The summed E-state index contributed by atoms with van der Waals surface area (Å²) in [6.07, 6.45) is 4.17. The van der Waals surface area contributed by atoms with Gasteiger partial charge < -0.3 is 9.84 Å². The topological polar surface area (TPSA) is 32.7 Å². The average molecular weight is 249 g/mol. The zero-order valence-corrected chi connectivity index (χ0v) is 11.4. The van der Waals surface area contributed by atoms with E-state index in [1.165, 1.54) is 5.56 Å². The Morgan fingerprint density at radius 1 is 1.28 bits per heavy atom. The fraction of sp³-hybridized carbons (Fsp3) is 0.600. The van der Waals surface area contributed by atoms with Gasteiger partial charge in [-0.05, 0) is 26.0 Å². The molecule has 0 heterocycles. The lowest BCUT2D eigenvalue weighted by Gasteiger charge is -2.28. The van der Waals surface area contributed by atoms with E-state index in [4.69, 9.17) is 4.74 Å². The van der Waals surface area contributed by atoms with Crippen molar-refractivity contribution in [1.82, 2.24) is 4.90 Å². The molecular formula is C15H23NO2. The molecule has 2 rings (SSSR count). The van der Waals surface area contributed by atoms with Gasteiger partial charge in [0.15, 0.2) is 0 Å². The lowest BCUT2D eigenvalue weighted by atomic mass is 10.0. The summed E-state index contributed by atoms with van der Waals surface area (Å²) >= 11 is 0. The summed E-state index contributed by atoms with van der Waals surface area (Å²) in [5.41, 5.74) is 0.695. The number of ether oxygens (including phenoxy) is 1. The van der Waals surface area contributed by atoms with Crippen LogP contribution >= 0.6 is 0 Å².